The monoisotopic (exact) mass is 306 g/mol. The summed E-state index contributed by atoms with van der Waals surface area (Å²) in [5, 5.41) is 7.11. The standard InChI is InChI=1S/C16H22N2O2S/c1-2-21-12-8-7-11(9-12)18-16(19)15-10-17-13-5-3-4-6-14(13)20-15/h3-6,11-12,15,17H,2,7-10H2,1H3,(H,18,19). The maximum absolute atomic E-state index is 12.3. The Morgan fingerprint density at radius 1 is 1.43 bits per heavy atom. The van der Waals surface area contributed by atoms with Crippen LogP contribution < -0.4 is 15.4 Å². The predicted octanol–water partition coefficient (Wildman–Crippen LogP) is 2.65. The molecule has 0 saturated heterocycles. The second-order valence-electron chi connectivity index (χ2n) is 5.58. The van der Waals surface area contributed by atoms with E-state index < -0.39 is 6.10 Å². The first-order valence-electron chi connectivity index (χ1n) is 7.67. The number of ether oxygens (including phenoxy) is 1. The van der Waals surface area contributed by atoms with Crippen LogP contribution in [0.3, 0.4) is 0 Å². The van der Waals surface area contributed by atoms with E-state index in [0.717, 1.165) is 30.0 Å². The number of anilines is 1. The van der Waals surface area contributed by atoms with Gasteiger partial charge in [-0.25, -0.2) is 0 Å². The first kappa shape index (κ1) is 14.6. The van der Waals surface area contributed by atoms with Crippen molar-refractivity contribution < 1.29 is 9.53 Å². The molecule has 1 aliphatic heterocycles. The van der Waals surface area contributed by atoms with E-state index >= 15 is 0 Å². The third-order valence-electron chi connectivity index (χ3n) is 4.06. The van der Waals surface area contributed by atoms with Crippen molar-refractivity contribution in [2.75, 3.05) is 17.6 Å². The summed E-state index contributed by atoms with van der Waals surface area (Å²) in [6.07, 6.45) is 2.94. The lowest BCUT2D eigenvalue weighted by Crippen LogP contribution is -2.47. The number of carbonyl (C=O) groups is 1. The van der Waals surface area contributed by atoms with Crippen molar-refractivity contribution in [3.63, 3.8) is 0 Å². The highest BCUT2D eigenvalue weighted by molar-refractivity contribution is 7.99. The molecule has 1 saturated carbocycles. The maximum Gasteiger partial charge on any atom is 0.263 e. The van der Waals surface area contributed by atoms with Gasteiger partial charge in [0.25, 0.3) is 5.91 Å². The molecule has 114 valence electrons. The molecule has 3 unspecified atom stereocenters. The van der Waals surface area contributed by atoms with Crippen LogP contribution in [-0.2, 0) is 4.79 Å². The highest BCUT2D eigenvalue weighted by Crippen LogP contribution is 2.31. The molecule has 5 heteroatoms. The van der Waals surface area contributed by atoms with Gasteiger partial charge in [-0.3, -0.25) is 4.79 Å². The number of fused-ring (bicyclic) bond motifs is 1. The van der Waals surface area contributed by atoms with Gasteiger partial charge < -0.3 is 15.4 Å². The zero-order valence-electron chi connectivity index (χ0n) is 12.3. The Kier molecular flexibility index (Phi) is 4.58. The van der Waals surface area contributed by atoms with Crippen LogP contribution in [0.5, 0.6) is 5.75 Å². The zero-order valence-corrected chi connectivity index (χ0v) is 13.1. The van der Waals surface area contributed by atoms with E-state index in [1.54, 1.807) is 0 Å². The number of hydrogen-bond donors (Lipinski definition) is 2. The Balaban J connectivity index is 1.53. The molecule has 0 aromatic heterocycles. The SMILES string of the molecule is CCSC1CCC(NC(=O)C2CNc3ccccc3O2)C1. The molecule has 1 aromatic rings. The molecule has 0 spiro atoms. The summed E-state index contributed by atoms with van der Waals surface area (Å²) < 4.78 is 5.80. The Labute approximate surface area is 130 Å². The van der Waals surface area contributed by atoms with Crippen molar-refractivity contribution in [1.82, 2.24) is 5.32 Å². The largest absolute Gasteiger partial charge is 0.477 e. The molecule has 2 aliphatic rings. The van der Waals surface area contributed by atoms with Crippen LogP contribution in [0.2, 0.25) is 0 Å². The predicted molar refractivity (Wildman–Crippen MR) is 87.0 cm³/mol. The number of para-hydroxylation sites is 2. The maximum atomic E-state index is 12.3. The average Bonchev–Trinajstić information content (AvgIpc) is 2.94. The fourth-order valence-corrected chi connectivity index (χ4v) is 4.15. The van der Waals surface area contributed by atoms with Gasteiger partial charge in [0.15, 0.2) is 6.10 Å². The number of nitrogens with one attached hydrogen (secondary N) is 2. The normalized spacial score (nSPS) is 27.4. The number of carbonyl (C=O) groups excluding carboxylic acids is 1. The third-order valence-corrected chi connectivity index (χ3v) is 5.29. The molecule has 1 aromatic carbocycles. The molecule has 1 fully saturated rings. The van der Waals surface area contributed by atoms with Crippen LogP contribution in [0.15, 0.2) is 24.3 Å². The van der Waals surface area contributed by atoms with E-state index in [1.807, 2.05) is 36.0 Å². The summed E-state index contributed by atoms with van der Waals surface area (Å²) in [6, 6.07) is 8.05. The summed E-state index contributed by atoms with van der Waals surface area (Å²) in [4.78, 5) is 12.3. The van der Waals surface area contributed by atoms with Crippen LogP contribution in [0, 0.1) is 0 Å². The van der Waals surface area contributed by atoms with Crippen molar-refractivity contribution in [2.45, 2.75) is 43.6 Å². The minimum Gasteiger partial charge on any atom is -0.477 e. The van der Waals surface area contributed by atoms with Gasteiger partial charge in [-0.2, -0.15) is 11.8 Å². The fourth-order valence-electron chi connectivity index (χ4n) is 3.01. The lowest BCUT2D eigenvalue weighted by Gasteiger charge is -2.27. The van der Waals surface area contributed by atoms with Crippen molar-refractivity contribution in [2.24, 2.45) is 0 Å². The number of rotatable bonds is 4. The first-order valence-corrected chi connectivity index (χ1v) is 8.72. The van der Waals surface area contributed by atoms with Crippen molar-refractivity contribution >= 4 is 23.4 Å². The van der Waals surface area contributed by atoms with Gasteiger partial charge >= 0.3 is 0 Å². The third kappa shape index (κ3) is 3.46. The van der Waals surface area contributed by atoms with Gasteiger partial charge in [-0.15, -0.1) is 0 Å². The molecule has 3 atom stereocenters. The van der Waals surface area contributed by atoms with E-state index in [-0.39, 0.29) is 5.91 Å². The Morgan fingerprint density at radius 3 is 3.14 bits per heavy atom. The molecule has 1 heterocycles. The Hall–Kier alpha value is -1.36. The molecular weight excluding hydrogens is 284 g/mol. The Morgan fingerprint density at radius 2 is 2.29 bits per heavy atom. The summed E-state index contributed by atoms with van der Waals surface area (Å²) in [7, 11) is 0. The summed E-state index contributed by atoms with van der Waals surface area (Å²) in [5.74, 6) is 1.91. The minimum atomic E-state index is -0.433. The quantitative estimate of drug-likeness (QED) is 0.898. The van der Waals surface area contributed by atoms with Crippen LogP contribution in [0.1, 0.15) is 26.2 Å². The fraction of sp³-hybridized carbons (Fsp3) is 0.562. The van der Waals surface area contributed by atoms with Crippen molar-refractivity contribution in [3.8, 4) is 5.75 Å². The number of amides is 1. The molecular formula is C16H22N2O2S. The first-order chi connectivity index (χ1) is 10.3. The number of benzene rings is 1. The molecule has 21 heavy (non-hydrogen) atoms. The zero-order chi connectivity index (χ0) is 14.7. The molecule has 0 bridgehead atoms. The van der Waals surface area contributed by atoms with Crippen molar-refractivity contribution in [3.05, 3.63) is 24.3 Å². The van der Waals surface area contributed by atoms with E-state index in [1.165, 1.54) is 6.42 Å². The van der Waals surface area contributed by atoms with Crippen LogP contribution in [-0.4, -0.2) is 35.6 Å². The van der Waals surface area contributed by atoms with Gasteiger partial charge in [-0.1, -0.05) is 19.1 Å². The molecule has 1 aliphatic carbocycles. The second-order valence-corrected chi connectivity index (χ2v) is 7.16. The van der Waals surface area contributed by atoms with Crippen LogP contribution >= 0.6 is 11.8 Å². The lowest BCUT2D eigenvalue weighted by atomic mass is 10.2. The van der Waals surface area contributed by atoms with Gasteiger partial charge in [-0.05, 0) is 37.1 Å². The van der Waals surface area contributed by atoms with E-state index in [4.69, 9.17) is 4.74 Å². The molecule has 4 nitrogen and oxygen atoms in total. The van der Waals surface area contributed by atoms with Gasteiger partial charge in [0.1, 0.15) is 5.75 Å². The molecule has 0 radical (unpaired) electrons. The summed E-state index contributed by atoms with van der Waals surface area (Å²) in [6.45, 7) is 2.72. The van der Waals surface area contributed by atoms with Gasteiger partial charge in [0.2, 0.25) is 0 Å². The van der Waals surface area contributed by atoms with Gasteiger partial charge in [0, 0.05) is 11.3 Å². The molecule has 2 N–H and O–H groups in total. The molecule has 1 amide bonds. The van der Waals surface area contributed by atoms with Crippen LogP contribution in [0.25, 0.3) is 0 Å². The summed E-state index contributed by atoms with van der Waals surface area (Å²) >= 11 is 2.00. The number of hydrogen-bond acceptors (Lipinski definition) is 4. The second kappa shape index (κ2) is 6.60. The van der Waals surface area contributed by atoms with E-state index in [9.17, 15) is 4.79 Å². The summed E-state index contributed by atoms with van der Waals surface area (Å²) in [5.41, 5.74) is 0.960. The minimum absolute atomic E-state index is 0.00384. The van der Waals surface area contributed by atoms with Gasteiger partial charge in [0.05, 0.1) is 12.2 Å². The molecule has 3 rings (SSSR count). The van der Waals surface area contributed by atoms with Crippen molar-refractivity contribution in [1.29, 1.82) is 0 Å². The number of thioether (sulfide) groups is 1. The van der Waals surface area contributed by atoms with E-state index in [0.29, 0.717) is 17.8 Å². The highest BCUT2D eigenvalue weighted by Gasteiger charge is 2.30. The topological polar surface area (TPSA) is 50.4 Å². The lowest BCUT2D eigenvalue weighted by molar-refractivity contribution is -0.128. The Bertz CT molecular complexity index is 509. The smallest absolute Gasteiger partial charge is 0.263 e. The van der Waals surface area contributed by atoms with Crippen LogP contribution in [0.4, 0.5) is 5.69 Å². The average molecular weight is 306 g/mol. The van der Waals surface area contributed by atoms with E-state index in [2.05, 4.69) is 17.6 Å². The highest BCUT2D eigenvalue weighted by atomic mass is 32.2.